The highest BCUT2D eigenvalue weighted by Gasteiger charge is 2.50. The standard InChI is InChI=1S/C56H68N4O8/c1-34(2)27-55(3,64)30-58-32-59-31-56(66-33-57-4)28-47-46-24-39(22-36-12-18-48-37(21-36)19-20-60-48)45-26-41(62)14-16-43(45)50(46)53-44(17-15-42(29-61)67-53)52(47)68-54(56)40-23-38(51(63)49(25-40)65-5)13-11-35-9-7-6-8-10-35/h6-10,12,14,16,18-21,23,25-26,34,39,42,54,57-64H,11,13,15,17,22,24,27-33H2,1-5H3/t39-,42+,54+,55-,56-/m0/s1. The molecule has 68 heavy (non-hydrogen) atoms. The average Bonchev–Trinajstić information content (AvgIpc) is 3.81. The van der Waals surface area contributed by atoms with E-state index in [-0.39, 0.29) is 36.9 Å². The van der Waals surface area contributed by atoms with Gasteiger partial charge in [0.2, 0.25) is 0 Å². The summed E-state index contributed by atoms with van der Waals surface area (Å²) >= 11 is 0. The van der Waals surface area contributed by atoms with Crippen LogP contribution >= 0.6 is 0 Å². The molecule has 1 aromatic heterocycles. The number of ether oxygens (including phenoxy) is 4. The summed E-state index contributed by atoms with van der Waals surface area (Å²) in [5.74, 6) is 2.49. The van der Waals surface area contributed by atoms with Crippen LogP contribution in [0.15, 0.2) is 91.1 Å². The third-order valence-electron chi connectivity index (χ3n) is 14.2. The molecule has 5 atom stereocenters. The van der Waals surface area contributed by atoms with Gasteiger partial charge in [0.15, 0.2) is 17.6 Å². The molecule has 12 nitrogen and oxygen atoms in total. The number of aromatic nitrogens is 1. The highest BCUT2D eigenvalue weighted by Crippen LogP contribution is 2.58. The molecule has 9 rings (SSSR count). The Balaban J connectivity index is 1.19. The summed E-state index contributed by atoms with van der Waals surface area (Å²) in [4.78, 5) is 3.32. The van der Waals surface area contributed by atoms with Gasteiger partial charge < -0.3 is 55.0 Å². The second-order valence-corrected chi connectivity index (χ2v) is 19.9. The van der Waals surface area contributed by atoms with Crippen molar-refractivity contribution in [2.45, 2.75) is 101 Å². The lowest BCUT2D eigenvalue weighted by Crippen LogP contribution is -2.56. The van der Waals surface area contributed by atoms with Gasteiger partial charge in [-0.15, -0.1) is 0 Å². The van der Waals surface area contributed by atoms with Crippen molar-refractivity contribution in [3.8, 4) is 39.9 Å². The lowest BCUT2D eigenvalue weighted by Gasteiger charge is -2.47. The molecule has 3 heterocycles. The minimum atomic E-state index is -1.02. The van der Waals surface area contributed by atoms with Gasteiger partial charge in [0.05, 0.1) is 26.0 Å². The molecular weight excluding hydrogens is 857 g/mol. The van der Waals surface area contributed by atoms with Crippen LogP contribution in [-0.4, -0.2) is 90.0 Å². The van der Waals surface area contributed by atoms with Gasteiger partial charge >= 0.3 is 0 Å². The van der Waals surface area contributed by atoms with E-state index in [1.807, 2.05) is 62.6 Å². The predicted molar refractivity (Wildman–Crippen MR) is 266 cm³/mol. The van der Waals surface area contributed by atoms with Crippen molar-refractivity contribution in [3.05, 3.63) is 136 Å². The molecule has 360 valence electrons. The number of hydrogen-bond donors (Lipinski definition) is 8. The van der Waals surface area contributed by atoms with Crippen LogP contribution in [0.2, 0.25) is 0 Å². The molecule has 0 fully saturated rings. The molecule has 0 saturated carbocycles. The first-order valence-corrected chi connectivity index (χ1v) is 24.3. The fourth-order valence-corrected chi connectivity index (χ4v) is 11.2. The quantitative estimate of drug-likeness (QED) is 0.0292. The van der Waals surface area contributed by atoms with Crippen molar-refractivity contribution in [2.75, 3.05) is 47.3 Å². The van der Waals surface area contributed by atoms with Crippen LogP contribution in [-0.2, 0) is 43.3 Å². The fourth-order valence-electron chi connectivity index (χ4n) is 11.2. The minimum absolute atomic E-state index is 0.000195. The Morgan fingerprint density at radius 2 is 1.75 bits per heavy atom. The van der Waals surface area contributed by atoms with Gasteiger partial charge in [-0.25, -0.2) is 0 Å². The van der Waals surface area contributed by atoms with Crippen molar-refractivity contribution >= 4 is 10.9 Å². The smallest absolute Gasteiger partial charge is 0.161 e. The van der Waals surface area contributed by atoms with E-state index in [0.717, 1.165) is 73.1 Å². The molecule has 0 amide bonds. The van der Waals surface area contributed by atoms with Crippen molar-refractivity contribution < 1.29 is 39.4 Å². The average molecular weight is 925 g/mol. The number of phenols is 2. The Hall–Kier alpha value is -5.60. The Morgan fingerprint density at radius 1 is 0.912 bits per heavy atom. The third kappa shape index (κ3) is 9.81. The van der Waals surface area contributed by atoms with Crippen molar-refractivity contribution in [2.24, 2.45) is 5.92 Å². The molecule has 12 heteroatoms. The van der Waals surface area contributed by atoms with E-state index in [1.54, 1.807) is 13.2 Å². The molecular formula is C56H68N4O8. The van der Waals surface area contributed by atoms with E-state index < -0.39 is 17.3 Å². The van der Waals surface area contributed by atoms with E-state index in [0.29, 0.717) is 82.1 Å². The fraction of sp³-hybridized carbons (Fsp3) is 0.429. The number of methoxy groups -OCH3 is 1. The van der Waals surface area contributed by atoms with Gasteiger partial charge in [-0.05, 0) is 158 Å². The maximum Gasteiger partial charge on any atom is 0.161 e. The largest absolute Gasteiger partial charge is 0.508 e. The highest BCUT2D eigenvalue weighted by molar-refractivity contribution is 5.85. The topological polar surface area (TPSA) is 170 Å². The van der Waals surface area contributed by atoms with Crippen LogP contribution in [0, 0.1) is 5.92 Å². The van der Waals surface area contributed by atoms with E-state index in [4.69, 9.17) is 18.9 Å². The zero-order valence-electron chi connectivity index (χ0n) is 40.1. The van der Waals surface area contributed by atoms with Crippen LogP contribution in [0.25, 0.3) is 22.0 Å². The molecule has 5 aromatic carbocycles. The number of aliphatic hydroxyl groups excluding tert-OH is 1. The summed E-state index contributed by atoms with van der Waals surface area (Å²) in [6.45, 7) is 7.38. The van der Waals surface area contributed by atoms with E-state index in [1.165, 1.54) is 5.56 Å². The molecule has 0 saturated heterocycles. The Bertz CT molecular complexity index is 2720. The van der Waals surface area contributed by atoms with Crippen LogP contribution < -0.4 is 30.2 Å². The van der Waals surface area contributed by atoms with E-state index >= 15 is 0 Å². The molecule has 0 unspecified atom stereocenters. The minimum Gasteiger partial charge on any atom is -0.508 e. The molecule has 8 N–H and O–H groups in total. The lowest BCUT2D eigenvalue weighted by atomic mass is 9.70. The van der Waals surface area contributed by atoms with Crippen LogP contribution in [0.3, 0.4) is 0 Å². The Kier molecular flexibility index (Phi) is 14.1. The Labute approximate surface area is 400 Å². The van der Waals surface area contributed by atoms with Crippen LogP contribution in [0.1, 0.15) is 90.1 Å². The predicted octanol–water partition coefficient (Wildman–Crippen LogP) is 8.15. The Morgan fingerprint density at radius 3 is 2.53 bits per heavy atom. The van der Waals surface area contributed by atoms with Crippen molar-refractivity contribution in [3.63, 3.8) is 0 Å². The molecule has 1 aliphatic carbocycles. The zero-order chi connectivity index (χ0) is 47.6. The molecule has 0 radical (unpaired) electrons. The summed E-state index contributed by atoms with van der Waals surface area (Å²) in [7, 11) is 3.44. The molecule has 6 aromatic rings. The van der Waals surface area contributed by atoms with Crippen molar-refractivity contribution in [1.82, 2.24) is 20.9 Å². The van der Waals surface area contributed by atoms with Gasteiger partial charge in [0.25, 0.3) is 0 Å². The summed E-state index contributed by atoms with van der Waals surface area (Å²) in [6, 6.07) is 28.5. The lowest BCUT2D eigenvalue weighted by molar-refractivity contribution is -0.129. The van der Waals surface area contributed by atoms with Gasteiger partial charge in [-0.3, -0.25) is 5.32 Å². The maximum absolute atomic E-state index is 11.6. The van der Waals surface area contributed by atoms with E-state index in [2.05, 4.69) is 71.2 Å². The van der Waals surface area contributed by atoms with Gasteiger partial charge in [-0.2, -0.15) is 0 Å². The summed E-state index contributed by atoms with van der Waals surface area (Å²) in [6.07, 6.45) is 5.91. The van der Waals surface area contributed by atoms with Gasteiger partial charge in [0.1, 0.15) is 29.0 Å². The maximum atomic E-state index is 11.6. The third-order valence-corrected chi connectivity index (χ3v) is 14.2. The highest BCUT2D eigenvalue weighted by atomic mass is 16.6. The first kappa shape index (κ1) is 47.5. The van der Waals surface area contributed by atoms with Crippen molar-refractivity contribution in [1.29, 1.82) is 0 Å². The number of aliphatic hydroxyl groups is 2. The van der Waals surface area contributed by atoms with Gasteiger partial charge in [-0.1, -0.05) is 56.3 Å². The summed E-state index contributed by atoms with van der Waals surface area (Å²) < 4.78 is 27.5. The van der Waals surface area contributed by atoms with E-state index in [9.17, 15) is 20.4 Å². The second-order valence-electron chi connectivity index (χ2n) is 19.9. The van der Waals surface area contributed by atoms with Gasteiger partial charge in [0, 0.05) is 54.6 Å². The summed E-state index contributed by atoms with van der Waals surface area (Å²) in [5, 5.41) is 55.9. The number of hydrogen-bond acceptors (Lipinski definition) is 11. The molecule has 0 bridgehead atoms. The number of nitrogens with one attached hydrogen (secondary N) is 4. The normalized spacial score (nSPS) is 20.4. The number of aryl methyl sites for hydroxylation is 2. The van der Waals surface area contributed by atoms with Crippen LogP contribution in [0.4, 0.5) is 0 Å². The number of H-pyrrole nitrogens is 1. The number of aromatic hydroxyl groups is 2. The number of fused-ring (bicyclic) bond motifs is 9. The summed E-state index contributed by atoms with van der Waals surface area (Å²) in [5.41, 5.74) is 9.21. The molecule has 0 spiro atoms. The monoisotopic (exact) mass is 925 g/mol. The van der Waals surface area contributed by atoms with Crippen LogP contribution in [0.5, 0.6) is 28.7 Å². The number of phenolic OH excluding ortho intramolecular Hbond substituents is 2. The molecule has 3 aliphatic rings. The SMILES string of the molecule is CNCO[C@]1(CNCNC[C@@](C)(O)CC(C)C)Cc2c3c(c4c(c2O[C@@H]1c1cc(CCc2ccccc2)c(O)c(OC)c1)CC[C@H](CO)O4)-c1ccc(O)cc1[C@@H](Cc1ccc2[nH]ccc2c1)C3. The zero-order valence-corrected chi connectivity index (χ0v) is 40.1. The first-order valence-electron chi connectivity index (χ1n) is 24.3. The number of benzene rings is 5. The number of rotatable bonds is 19. The first-order chi connectivity index (χ1) is 32.9. The number of aromatic amines is 1. The molecule has 2 aliphatic heterocycles. The second kappa shape index (κ2) is 20.2.